The van der Waals surface area contributed by atoms with Gasteiger partial charge in [0.2, 0.25) is 0 Å². The van der Waals surface area contributed by atoms with Gasteiger partial charge >= 0.3 is 0 Å². The van der Waals surface area contributed by atoms with Crippen LogP contribution < -0.4 is 0 Å². The molecule has 0 amide bonds. The van der Waals surface area contributed by atoms with Crippen LogP contribution in [0, 0.1) is 17.8 Å². The normalized spacial score (nSPS) is 14.7. The minimum atomic E-state index is -0.644. The van der Waals surface area contributed by atoms with Crippen LogP contribution in [-0.4, -0.2) is 6.17 Å². The van der Waals surface area contributed by atoms with Crippen LogP contribution >= 0.6 is 0 Å². The van der Waals surface area contributed by atoms with E-state index in [9.17, 15) is 4.39 Å². The van der Waals surface area contributed by atoms with Gasteiger partial charge in [0.1, 0.15) is 0 Å². The van der Waals surface area contributed by atoms with Gasteiger partial charge in [0.05, 0.1) is 6.17 Å². The first-order chi connectivity index (χ1) is 5.66. The molecule has 1 heteroatoms. The summed E-state index contributed by atoms with van der Waals surface area (Å²) in [6, 6.07) is 0. The van der Waals surface area contributed by atoms with Crippen molar-refractivity contribution < 1.29 is 4.39 Å². The first-order valence-electron chi connectivity index (χ1n) is 4.70. The molecule has 0 saturated heterocycles. The molecule has 0 spiro atoms. The zero-order chi connectivity index (χ0) is 9.40. The zero-order valence-electron chi connectivity index (χ0n) is 8.36. The van der Waals surface area contributed by atoms with Gasteiger partial charge in [-0.15, -0.1) is 11.8 Å². The molecule has 0 aliphatic carbocycles. The number of hydrogen-bond donors (Lipinski definition) is 0. The van der Waals surface area contributed by atoms with E-state index in [-0.39, 0.29) is 0 Å². The van der Waals surface area contributed by atoms with Crippen molar-refractivity contribution in [2.24, 2.45) is 5.92 Å². The molecule has 0 aliphatic rings. The Morgan fingerprint density at radius 1 is 1.25 bits per heavy atom. The lowest BCUT2D eigenvalue weighted by Gasteiger charge is -2.07. The monoisotopic (exact) mass is 170 g/mol. The van der Waals surface area contributed by atoms with Crippen molar-refractivity contribution in [1.29, 1.82) is 0 Å². The van der Waals surface area contributed by atoms with Gasteiger partial charge in [-0.1, -0.05) is 13.3 Å². The molecule has 0 radical (unpaired) electrons. The summed E-state index contributed by atoms with van der Waals surface area (Å²) >= 11 is 0. The summed E-state index contributed by atoms with van der Waals surface area (Å²) in [7, 11) is 0. The minimum Gasteiger partial charge on any atom is -0.248 e. The highest BCUT2D eigenvalue weighted by Gasteiger charge is 2.02. The second kappa shape index (κ2) is 7.16. The Labute approximate surface area is 75.6 Å². The molecule has 0 aliphatic heterocycles. The molecule has 70 valence electrons. The van der Waals surface area contributed by atoms with Gasteiger partial charge in [-0.25, -0.2) is 4.39 Å². The van der Waals surface area contributed by atoms with E-state index in [4.69, 9.17) is 0 Å². The zero-order valence-corrected chi connectivity index (χ0v) is 8.36. The second-order valence-corrected chi connectivity index (χ2v) is 3.45. The fourth-order valence-corrected chi connectivity index (χ4v) is 1.13. The third-order valence-electron chi connectivity index (χ3n) is 1.93. The highest BCUT2D eigenvalue weighted by atomic mass is 19.1. The smallest absolute Gasteiger partial charge is 0.0973 e. The van der Waals surface area contributed by atoms with Gasteiger partial charge < -0.3 is 0 Å². The van der Waals surface area contributed by atoms with Crippen LogP contribution in [0.3, 0.4) is 0 Å². The topological polar surface area (TPSA) is 0 Å². The van der Waals surface area contributed by atoms with Gasteiger partial charge in [0, 0.05) is 6.42 Å². The van der Waals surface area contributed by atoms with Crippen LogP contribution in [0.15, 0.2) is 0 Å². The largest absolute Gasteiger partial charge is 0.248 e. The molecule has 0 bridgehead atoms. The average Bonchev–Trinajstić information content (AvgIpc) is 2.00. The number of hydrogen-bond acceptors (Lipinski definition) is 0. The third-order valence-corrected chi connectivity index (χ3v) is 1.93. The van der Waals surface area contributed by atoms with Crippen LogP contribution in [0.2, 0.25) is 0 Å². The van der Waals surface area contributed by atoms with Gasteiger partial charge in [0.25, 0.3) is 0 Å². The molecule has 0 N–H and O–H groups in total. The lowest BCUT2D eigenvalue weighted by Crippen LogP contribution is -1.97. The quantitative estimate of drug-likeness (QED) is 0.553. The Hall–Kier alpha value is -0.510. The summed E-state index contributed by atoms with van der Waals surface area (Å²) in [5.74, 6) is 6.54. The van der Waals surface area contributed by atoms with Crippen molar-refractivity contribution in [2.45, 2.75) is 52.6 Å². The standard InChI is InChI=1S/C11H19F/c1-4-5-7-10(2)8-6-9-11(3)12/h10-11H,6-9H2,1-3H3/t10-,11?/m1/s1. The predicted octanol–water partition coefficient (Wildman–Crippen LogP) is 3.56. The summed E-state index contributed by atoms with van der Waals surface area (Å²) < 4.78 is 12.4. The van der Waals surface area contributed by atoms with Crippen LogP contribution in [0.25, 0.3) is 0 Å². The molecule has 0 heterocycles. The lowest BCUT2D eigenvalue weighted by atomic mass is 10.00. The summed E-state index contributed by atoms with van der Waals surface area (Å²) in [5, 5.41) is 0. The average molecular weight is 170 g/mol. The third kappa shape index (κ3) is 7.60. The first-order valence-corrected chi connectivity index (χ1v) is 4.70. The fraction of sp³-hybridized carbons (Fsp3) is 0.818. The van der Waals surface area contributed by atoms with Gasteiger partial charge in [0.15, 0.2) is 0 Å². The Morgan fingerprint density at radius 2 is 1.92 bits per heavy atom. The predicted molar refractivity (Wildman–Crippen MR) is 51.7 cm³/mol. The van der Waals surface area contributed by atoms with Crippen molar-refractivity contribution in [3.8, 4) is 11.8 Å². The molecule has 2 atom stereocenters. The van der Waals surface area contributed by atoms with Gasteiger partial charge in [-0.05, 0) is 32.6 Å². The van der Waals surface area contributed by atoms with E-state index in [1.54, 1.807) is 6.92 Å². The summed E-state index contributed by atoms with van der Waals surface area (Å²) in [4.78, 5) is 0. The molecule has 0 aromatic carbocycles. The molecular formula is C11H19F. The molecule has 0 rings (SSSR count). The minimum absolute atomic E-state index is 0.621. The molecule has 0 fully saturated rings. The van der Waals surface area contributed by atoms with Gasteiger partial charge in [-0.3, -0.25) is 0 Å². The van der Waals surface area contributed by atoms with E-state index in [0.717, 1.165) is 19.3 Å². The maximum Gasteiger partial charge on any atom is 0.0973 e. The van der Waals surface area contributed by atoms with E-state index >= 15 is 0 Å². The van der Waals surface area contributed by atoms with Crippen molar-refractivity contribution in [3.63, 3.8) is 0 Å². The number of halogens is 1. The highest BCUT2D eigenvalue weighted by molar-refractivity contribution is 4.95. The Bertz CT molecular complexity index is 150. The van der Waals surface area contributed by atoms with Crippen LogP contribution in [-0.2, 0) is 0 Å². The molecule has 0 aromatic heterocycles. The van der Waals surface area contributed by atoms with E-state index in [0.29, 0.717) is 12.3 Å². The van der Waals surface area contributed by atoms with E-state index in [1.165, 1.54) is 0 Å². The van der Waals surface area contributed by atoms with E-state index in [1.807, 2.05) is 6.92 Å². The van der Waals surface area contributed by atoms with E-state index < -0.39 is 6.17 Å². The maximum atomic E-state index is 12.4. The Balaban J connectivity index is 3.29. The molecule has 0 saturated carbocycles. The molecule has 0 aromatic rings. The van der Waals surface area contributed by atoms with Crippen molar-refractivity contribution in [2.75, 3.05) is 0 Å². The molecule has 1 unspecified atom stereocenters. The van der Waals surface area contributed by atoms with Crippen molar-refractivity contribution >= 4 is 0 Å². The van der Waals surface area contributed by atoms with Crippen molar-refractivity contribution in [3.05, 3.63) is 0 Å². The number of rotatable bonds is 5. The molecule has 0 nitrogen and oxygen atoms in total. The molecular weight excluding hydrogens is 151 g/mol. The summed E-state index contributed by atoms with van der Waals surface area (Å²) in [6.45, 7) is 5.65. The highest BCUT2D eigenvalue weighted by Crippen LogP contribution is 2.13. The summed E-state index contributed by atoms with van der Waals surface area (Å²) in [6.07, 6.45) is 3.10. The van der Waals surface area contributed by atoms with Crippen LogP contribution in [0.1, 0.15) is 46.5 Å². The second-order valence-electron chi connectivity index (χ2n) is 3.45. The Kier molecular flexibility index (Phi) is 6.85. The van der Waals surface area contributed by atoms with Crippen LogP contribution in [0.4, 0.5) is 4.39 Å². The van der Waals surface area contributed by atoms with Crippen molar-refractivity contribution in [1.82, 2.24) is 0 Å². The van der Waals surface area contributed by atoms with Gasteiger partial charge in [-0.2, -0.15) is 0 Å². The fourth-order valence-electron chi connectivity index (χ4n) is 1.13. The first kappa shape index (κ1) is 11.5. The SMILES string of the molecule is CC#CC[C@@H](C)CCCC(C)F. The molecule has 12 heavy (non-hydrogen) atoms. The van der Waals surface area contributed by atoms with Crippen LogP contribution in [0.5, 0.6) is 0 Å². The number of alkyl halides is 1. The van der Waals surface area contributed by atoms with E-state index in [2.05, 4.69) is 18.8 Å². The Morgan fingerprint density at radius 3 is 2.42 bits per heavy atom. The summed E-state index contributed by atoms with van der Waals surface area (Å²) in [5.41, 5.74) is 0. The lowest BCUT2D eigenvalue weighted by molar-refractivity contribution is 0.323. The maximum absolute atomic E-state index is 12.4.